The number of pyridine rings is 1. The SMILES string of the molecule is C[C@@H](C(=O)N(C)c1cnc2nc(-c3n[nH]c4c3C[C@@H]3C[C@]3(C)C4)[nH]c2c1)n1cccn1. The summed E-state index contributed by atoms with van der Waals surface area (Å²) in [6, 6.07) is 3.31. The number of fused-ring (bicyclic) bond motifs is 3. The van der Waals surface area contributed by atoms with E-state index in [-0.39, 0.29) is 5.91 Å². The molecule has 0 bridgehead atoms. The fourth-order valence-corrected chi connectivity index (χ4v) is 4.87. The van der Waals surface area contributed by atoms with E-state index < -0.39 is 6.04 Å². The van der Waals surface area contributed by atoms with Gasteiger partial charge < -0.3 is 9.88 Å². The summed E-state index contributed by atoms with van der Waals surface area (Å²) in [6.45, 7) is 4.19. The molecule has 3 atom stereocenters. The Balaban J connectivity index is 1.30. The van der Waals surface area contributed by atoms with Gasteiger partial charge in [0.2, 0.25) is 0 Å². The molecule has 158 valence electrons. The normalized spacial score (nSPS) is 22.7. The third-order valence-electron chi connectivity index (χ3n) is 7.07. The Hall–Kier alpha value is -3.49. The fraction of sp³-hybridized carbons (Fsp3) is 0.409. The summed E-state index contributed by atoms with van der Waals surface area (Å²) in [5, 5.41) is 12.0. The maximum atomic E-state index is 12.9. The Morgan fingerprint density at radius 3 is 3.10 bits per heavy atom. The van der Waals surface area contributed by atoms with Gasteiger partial charge in [0.25, 0.3) is 5.91 Å². The first-order valence-electron chi connectivity index (χ1n) is 10.6. The van der Waals surface area contributed by atoms with E-state index in [1.54, 1.807) is 41.3 Å². The Labute approximate surface area is 178 Å². The van der Waals surface area contributed by atoms with Gasteiger partial charge in [0.05, 0.1) is 17.4 Å². The first kappa shape index (κ1) is 18.3. The highest BCUT2D eigenvalue weighted by Crippen LogP contribution is 2.59. The molecule has 0 spiro atoms. The van der Waals surface area contributed by atoms with Crippen LogP contribution in [0.3, 0.4) is 0 Å². The molecule has 31 heavy (non-hydrogen) atoms. The van der Waals surface area contributed by atoms with Crippen molar-refractivity contribution in [1.82, 2.24) is 34.9 Å². The number of aromatic amines is 2. The molecule has 4 aromatic rings. The van der Waals surface area contributed by atoms with Crippen LogP contribution in [-0.2, 0) is 17.6 Å². The van der Waals surface area contributed by atoms with Crippen molar-refractivity contribution < 1.29 is 4.79 Å². The number of hydrogen-bond acceptors (Lipinski definition) is 5. The number of amides is 1. The van der Waals surface area contributed by atoms with Crippen molar-refractivity contribution in [2.75, 3.05) is 11.9 Å². The molecule has 1 amide bonds. The van der Waals surface area contributed by atoms with Crippen LogP contribution >= 0.6 is 0 Å². The average molecular weight is 416 g/mol. The number of imidazole rings is 1. The molecular weight excluding hydrogens is 392 g/mol. The summed E-state index contributed by atoms with van der Waals surface area (Å²) in [4.78, 5) is 27.0. The van der Waals surface area contributed by atoms with Gasteiger partial charge in [0, 0.05) is 30.7 Å². The van der Waals surface area contributed by atoms with Crippen LogP contribution in [0.1, 0.15) is 37.6 Å². The number of anilines is 1. The monoisotopic (exact) mass is 416 g/mol. The predicted molar refractivity (Wildman–Crippen MR) is 115 cm³/mol. The minimum atomic E-state index is -0.406. The molecule has 0 aromatic carbocycles. The van der Waals surface area contributed by atoms with Crippen molar-refractivity contribution in [3.8, 4) is 11.5 Å². The number of aromatic nitrogens is 7. The van der Waals surface area contributed by atoms with Gasteiger partial charge in [-0.05, 0) is 49.7 Å². The largest absolute Gasteiger partial charge is 0.335 e. The smallest absolute Gasteiger partial charge is 0.251 e. The number of likely N-dealkylation sites (N-methyl/N-ethyl adjacent to an activating group) is 1. The Kier molecular flexibility index (Phi) is 3.69. The zero-order valence-electron chi connectivity index (χ0n) is 17.8. The van der Waals surface area contributed by atoms with Gasteiger partial charge in [-0.15, -0.1) is 0 Å². The van der Waals surface area contributed by atoms with Crippen LogP contribution in [0.2, 0.25) is 0 Å². The van der Waals surface area contributed by atoms with Crippen LogP contribution < -0.4 is 4.90 Å². The molecule has 0 saturated heterocycles. The third kappa shape index (κ3) is 2.79. The van der Waals surface area contributed by atoms with Crippen molar-refractivity contribution in [3.63, 3.8) is 0 Å². The zero-order valence-corrected chi connectivity index (χ0v) is 17.8. The van der Waals surface area contributed by atoms with Gasteiger partial charge in [-0.25, -0.2) is 9.97 Å². The molecule has 6 rings (SSSR count). The topological polar surface area (TPSA) is 108 Å². The summed E-state index contributed by atoms with van der Waals surface area (Å²) < 4.78 is 1.64. The number of nitrogens with zero attached hydrogens (tertiary/aromatic N) is 6. The summed E-state index contributed by atoms with van der Waals surface area (Å²) >= 11 is 0. The summed E-state index contributed by atoms with van der Waals surface area (Å²) in [6.07, 6.45) is 8.53. The lowest BCUT2D eigenvalue weighted by Crippen LogP contribution is -2.33. The predicted octanol–water partition coefficient (Wildman–Crippen LogP) is 2.89. The van der Waals surface area contributed by atoms with Gasteiger partial charge in [0.1, 0.15) is 11.7 Å². The molecule has 4 aromatic heterocycles. The fourth-order valence-electron chi connectivity index (χ4n) is 4.87. The second-order valence-corrected chi connectivity index (χ2v) is 9.17. The van der Waals surface area contributed by atoms with Crippen molar-refractivity contribution in [2.24, 2.45) is 11.3 Å². The highest BCUT2D eigenvalue weighted by molar-refractivity contribution is 5.96. The second-order valence-electron chi connectivity index (χ2n) is 9.17. The number of carbonyl (C=O) groups is 1. The molecule has 9 nitrogen and oxygen atoms in total. The minimum absolute atomic E-state index is 0.0709. The lowest BCUT2D eigenvalue weighted by molar-refractivity contribution is -0.121. The Morgan fingerprint density at radius 2 is 2.29 bits per heavy atom. The molecule has 0 radical (unpaired) electrons. The molecule has 4 heterocycles. The second kappa shape index (κ2) is 6.26. The first-order chi connectivity index (χ1) is 14.9. The van der Waals surface area contributed by atoms with E-state index >= 15 is 0 Å². The minimum Gasteiger partial charge on any atom is -0.335 e. The summed E-state index contributed by atoms with van der Waals surface area (Å²) in [5.74, 6) is 1.40. The molecule has 1 saturated carbocycles. The van der Waals surface area contributed by atoms with Crippen LogP contribution in [0.5, 0.6) is 0 Å². The van der Waals surface area contributed by atoms with E-state index in [2.05, 4.69) is 37.2 Å². The van der Waals surface area contributed by atoms with Crippen molar-refractivity contribution in [1.29, 1.82) is 0 Å². The number of nitrogens with one attached hydrogen (secondary N) is 2. The van der Waals surface area contributed by atoms with Gasteiger partial charge >= 0.3 is 0 Å². The number of H-pyrrole nitrogens is 2. The van der Waals surface area contributed by atoms with E-state index in [1.807, 2.05) is 13.0 Å². The summed E-state index contributed by atoms with van der Waals surface area (Å²) in [7, 11) is 1.75. The van der Waals surface area contributed by atoms with Crippen LogP contribution in [0.15, 0.2) is 30.7 Å². The van der Waals surface area contributed by atoms with Gasteiger partial charge in [-0.2, -0.15) is 10.2 Å². The molecule has 0 unspecified atom stereocenters. The van der Waals surface area contributed by atoms with E-state index in [1.165, 1.54) is 17.7 Å². The maximum absolute atomic E-state index is 12.9. The number of rotatable bonds is 4. The van der Waals surface area contributed by atoms with Gasteiger partial charge in [-0.1, -0.05) is 6.92 Å². The lowest BCUT2D eigenvalue weighted by atomic mass is 9.88. The highest BCUT2D eigenvalue weighted by Gasteiger charge is 2.53. The van der Waals surface area contributed by atoms with E-state index in [9.17, 15) is 4.79 Å². The van der Waals surface area contributed by atoms with E-state index in [4.69, 9.17) is 0 Å². The van der Waals surface area contributed by atoms with Crippen molar-refractivity contribution in [3.05, 3.63) is 42.0 Å². The first-order valence-corrected chi connectivity index (χ1v) is 10.6. The summed E-state index contributed by atoms with van der Waals surface area (Å²) in [5.41, 5.74) is 5.94. The van der Waals surface area contributed by atoms with Crippen LogP contribution in [0.4, 0.5) is 5.69 Å². The molecule has 2 aliphatic carbocycles. The molecule has 2 N–H and O–H groups in total. The van der Waals surface area contributed by atoms with Crippen molar-refractivity contribution in [2.45, 2.75) is 39.2 Å². The quantitative estimate of drug-likeness (QED) is 0.532. The van der Waals surface area contributed by atoms with Crippen LogP contribution in [-0.4, -0.2) is 47.9 Å². The number of carbonyl (C=O) groups excluding carboxylic acids is 1. The Bertz CT molecular complexity index is 1300. The molecular formula is C22H24N8O. The van der Waals surface area contributed by atoms with Crippen LogP contribution in [0.25, 0.3) is 22.7 Å². The average Bonchev–Trinajstić information content (AvgIpc) is 3.23. The Morgan fingerprint density at radius 1 is 1.42 bits per heavy atom. The lowest BCUT2D eigenvalue weighted by Gasteiger charge is -2.21. The van der Waals surface area contributed by atoms with Crippen LogP contribution in [0, 0.1) is 11.3 Å². The molecule has 1 fully saturated rings. The molecule has 0 aliphatic heterocycles. The van der Waals surface area contributed by atoms with E-state index in [0.29, 0.717) is 16.7 Å². The number of hydrogen-bond donors (Lipinski definition) is 2. The zero-order chi connectivity index (χ0) is 21.3. The highest BCUT2D eigenvalue weighted by atomic mass is 16.2. The van der Waals surface area contributed by atoms with Gasteiger partial charge in [0.15, 0.2) is 11.5 Å². The molecule has 2 aliphatic rings. The standard InChI is InChI=1S/C22H24N8O/c1-12(30-6-4-5-24-30)21(31)29(3)14-8-16-19(23-11-14)26-20(25-16)18-15-7-13-9-22(13,2)10-17(15)27-28-18/h4-6,8,11-13H,7,9-10H2,1-3H3,(H,27,28)(H,23,25,26)/t12-,13+,22+/m0/s1. The van der Waals surface area contributed by atoms with Gasteiger partial charge in [-0.3, -0.25) is 14.6 Å². The van der Waals surface area contributed by atoms with E-state index in [0.717, 1.165) is 35.8 Å². The maximum Gasteiger partial charge on any atom is 0.251 e. The van der Waals surface area contributed by atoms with Crippen molar-refractivity contribution >= 4 is 22.8 Å². The molecule has 9 heteroatoms. The third-order valence-corrected chi connectivity index (χ3v) is 7.07.